The van der Waals surface area contributed by atoms with E-state index in [1.54, 1.807) is 0 Å². The van der Waals surface area contributed by atoms with Crippen LogP contribution in [0, 0.1) is 11.6 Å². The van der Waals surface area contributed by atoms with Gasteiger partial charge in [-0.25, -0.2) is 8.78 Å². The Morgan fingerprint density at radius 2 is 1.70 bits per heavy atom. The van der Waals surface area contributed by atoms with Crippen LogP contribution in [0.15, 0.2) is 48.5 Å². The van der Waals surface area contributed by atoms with Crippen molar-refractivity contribution in [3.63, 3.8) is 0 Å². The number of nitrogens with zero attached hydrogens (tertiary/aromatic N) is 1. The Morgan fingerprint density at radius 3 is 2.37 bits per heavy atom. The number of anilines is 1. The predicted molar refractivity (Wildman–Crippen MR) is 97.9 cm³/mol. The van der Waals surface area contributed by atoms with Gasteiger partial charge in [0.05, 0.1) is 5.69 Å². The summed E-state index contributed by atoms with van der Waals surface area (Å²) in [6, 6.07) is 12.8. The lowest BCUT2D eigenvalue weighted by Crippen LogP contribution is -2.47. The zero-order valence-corrected chi connectivity index (χ0v) is 14.8. The molecule has 2 aromatic rings. The Bertz CT molecular complexity index is 806. The molecule has 3 rings (SSSR count). The molecule has 27 heavy (non-hydrogen) atoms. The second-order valence-electron chi connectivity index (χ2n) is 6.59. The van der Waals surface area contributed by atoms with E-state index in [1.807, 2.05) is 18.2 Å². The zero-order valence-electron chi connectivity index (χ0n) is 14.8. The topological polar surface area (TPSA) is 61.4 Å². The fourth-order valence-corrected chi connectivity index (χ4v) is 3.10. The molecule has 0 unspecified atom stereocenters. The highest BCUT2D eigenvalue weighted by Gasteiger charge is 2.24. The Kier molecular flexibility index (Phi) is 6.13. The van der Waals surface area contributed by atoms with Crippen LogP contribution in [0.5, 0.6) is 0 Å². The smallest absolute Gasteiger partial charge is 0.313 e. The number of carbonyl (C=O) groups excluding carboxylic acids is 2. The van der Waals surface area contributed by atoms with Crippen LogP contribution in [0.25, 0.3) is 0 Å². The molecule has 1 fully saturated rings. The Labute approximate surface area is 156 Å². The largest absolute Gasteiger partial charge is 0.345 e. The molecule has 0 bridgehead atoms. The van der Waals surface area contributed by atoms with Gasteiger partial charge in [-0.3, -0.25) is 14.5 Å². The predicted octanol–water partition coefficient (Wildman–Crippen LogP) is 2.68. The molecule has 0 atom stereocenters. The van der Waals surface area contributed by atoms with Crippen LogP contribution >= 0.6 is 0 Å². The van der Waals surface area contributed by atoms with Crippen LogP contribution in [0.4, 0.5) is 14.5 Å². The van der Waals surface area contributed by atoms with Gasteiger partial charge in [-0.2, -0.15) is 0 Å². The highest BCUT2D eigenvalue weighted by molar-refractivity contribution is 6.39. The van der Waals surface area contributed by atoms with Crippen LogP contribution in [-0.4, -0.2) is 35.8 Å². The minimum Gasteiger partial charge on any atom is -0.345 e. The van der Waals surface area contributed by atoms with Crippen molar-refractivity contribution in [2.45, 2.75) is 25.4 Å². The van der Waals surface area contributed by atoms with E-state index >= 15 is 0 Å². The Hall–Kier alpha value is -2.80. The van der Waals surface area contributed by atoms with Gasteiger partial charge in [0.25, 0.3) is 0 Å². The summed E-state index contributed by atoms with van der Waals surface area (Å²) < 4.78 is 26.4. The molecule has 1 saturated heterocycles. The maximum atomic E-state index is 13.6. The van der Waals surface area contributed by atoms with Gasteiger partial charge in [0, 0.05) is 31.7 Å². The first-order valence-electron chi connectivity index (χ1n) is 8.84. The molecule has 5 nitrogen and oxygen atoms in total. The minimum atomic E-state index is -0.966. The second-order valence-corrected chi connectivity index (χ2v) is 6.59. The van der Waals surface area contributed by atoms with Gasteiger partial charge in [-0.1, -0.05) is 30.3 Å². The molecule has 1 aliphatic rings. The summed E-state index contributed by atoms with van der Waals surface area (Å²) >= 11 is 0. The van der Waals surface area contributed by atoms with Crippen molar-refractivity contribution in [1.82, 2.24) is 10.2 Å². The van der Waals surface area contributed by atoms with E-state index in [0.717, 1.165) is 44.6 Å². The first-order chi connectivity index (χ1) is 13.0. The van der Waals surface area contributed by atoms with E-state index < -0.39 is 23.4 Å². The average molecular weight is 373 g/mol. The summed E-state index contributed by atoms with van der Waals surface area (Å²) in [5.74, 6) is -3.46. The van der Waals surface area contributed by atoms with Crippen LogP contribution < -0.4 is 10.6 Å². The molecule has 2 amide bonds. The monoisotopic (exact) mass is 373 g/mol. The number of halogens is 2. The van der Waals surface area contributed by atoms with Gasteiger partial charge in [-0.15, -0.1) is 0 Å². The van der Waals surface area contributed by atoms with E-state index in [4.69, 9.17) is 0 Å². The van der Waals surface area contributed by atoms with E-state index in [1.165, 1.54) is 5.56 Å². The van der Waals surface area contributed by atoms with Crippen LogP contribution in [-0.2, 0) is 16.1 Å². The number of hydrogen-bond acceptors (Lipinski definition) is 3. The molecule has 142 valence electrons. The van der Waals surface area contributed by atoms with Crippen molar-refractivity contribution in [3.8, 4) is 0 Å². The number of nitrogens with one attached hydrogen (secondary N) is 2. The van der Waals surface area contributed by atoms with E-state index in [0.29, 0.717) is 6.07 Å². The highest BCUT2D eigenvalue weighted by atomic mass is 19.1. The van der Waals surface area contributed by atoms with Gasteiger partial charge >= 0.3 is 11.8 Å². The number of piperidine rings is 1. The highest BCUT2D eigenvalue weighted by Crippen LogP contribution is 2.16. The second kappa shape index (κ2) is 8.73. The standard InChI is InChI=1S/C20H21F2N3O2/c21-15-6-7-18(17(22)12-15)24-20(27)19(26)23-16-8-10-25(11-9-16)13-14-4-2-1-3-5-14/h1-7,12,16H,8-11,13H2,(H,23,26)(H,24,27). The summed E-state index contributed by atoms with van der Waals surface area (Å²) in [5.41, 5.74) is 1.01. The first-order valence-corrected chi connectivity index (χ1v) is 8.84. The molecule has 0 radical (unpaired) electrons. The number of likely N-dealkylation sites (tertiary alicyclic amines) is 1. The van der Waals surface area contributed by atoms with Crippen molar-refractivity contribution in [2.24, 2.45) is 0 Å². The quantitative estimate of drug-likeness (QED) is 0.810. The third-order valence-electron chi connectivity index (χ3n) is 4.56. The molecule has 1 aliphatic heterocycles. The van der Waals surface area contributed by atoms with Gasteiger partial charge in [0.15, 0.2) is 0 Å². The third-order valence-corrected chi connectivity index (χ3v) is 4.56. The molecule has 0 aromatic heterocycles. The van der Waals surface area contributed by atoms with Gasteiger partial charge in [0.1, 0.15) is 11.6 Å². The molecule has 1 heterocycles. The van der Waals surface area contributed by atoms with Crippen LogP contribution in [0.1, 0.15) is 18.4 Å². The van der Waals surface area contributed by atoms with Crippen molar-refractivity contribution in [2.75, 3.05) is 18.4 Å². The maximum absolute atomic E-state index is 13.6. The molecule has 0 saturated carbocycles. The van der Waals surface area contributed by atoms with Crippen LogP contribution in [0.2, 0.25) is 0 Å². The van der Waals surface area contributed by atoms with Crippen molar-refractivity contribution in [1.29, 1.82) is 0 Å². The lowest BCUT2D eigenvalue weighted by atomic mass is 10.0. The summed E-state index contributed by atoms with van der Waals surface area (Å²) in [4.78, 5) is 26.3. The van der Waals surface area contributed by atoms with Crippen molar-refractivity contribution < 1.29 is 18.4 Å². The van der Waals surface area contributed by atoms with Crippen molar-refractivity contribution >= 4 is 17.5 Å². The number of amides is 2. The maximum Gasteiger partial charge on any atom is 0.313 e. The summed E-state index contributed by atoms with van der Waals surface area (Å²) in [6.45, 7) is 2.48. The SMILES string of the molecule is O=C(Nc1ccc(F)cc1F)C(=O)NC1CCN(Cc2ccccc2)CC1. The molecule has 2 aromatic carbocycles. The van der Waals surface area contributed by atoms with Gasteiger partial charge in [0.2, 0.25) is 0 Å². The number of rotatable bonds is 4. The van der Waals surface area contributed by atoms with Crippen molar-refractivity contribution in [3.05, 3.63) is 65.7 Å². The molecule has 0 aliphatic carbocycles. The third kappa shape index (κ3) is 5.34. The fourth-order valence-electron chi connectivity index (χ4n) is 3.10. The van der Waals surface area contributed by atoms with Gasteiger partial charge in [-0.05, 0) is 30.5 Å². The number of hydrogen-bond donors (Lipinski definition) is 2. The fraction of sp³-hybridized carbons (Fsp3) is 0.300. The first kappa shape index (κ1) is 19.0. The summed E-state index contributed by atoms with van der Waals surface area (Å²) in [7, 11) is 0. The van der Waals surface area contributed by atoms with E-state index in [-0.39, 0.29) is 11.7 Å². The molecule has 2 N–H and O–H groups in total. The molecule has 7 heteroatoms. The lowest BCUT2D eigenvalue weighted by molar-refractivity contribution is -0.136. The lowest BCUT2D eigenvalue weighted by Gasteiger charge is -2.32. The molecular weight excluding hydrogens is 352 g/mol. The summed E-state index contributed by atoms with van der Waals surface area (Å²) in [5, 5.41) is 4.85. The Balaban J connectivity index is 1.45. The minimum absolute atomic E-state index is 0.103. The average Bonchev–Trinajstić information content (AvgIpc) is 2.66. The van der Waals surface area contributed by atoms with Gasteiger partial charge < -0.3 is 10.6 Å². The van der Waals surface area contributed by atoms with Crippen LogP contribution in [0.3, 0.4) is 0 Å². The molecule has 0 spiro atoms. The summed E-state index contributed by atoms with van der Waals surface area (Å²) in [6.07, 6.45) is 1.47. The molecular formula is C20H21F2N3O2. The van der Waals surface area contributed by atoms with E-state index in [9.17, 15) is 18.4 Å². The normalized spacial score (nSPS) is 15.3. The Morgan fingerprint density at radius 1 is 1.00 bits per heavy atom. The number of benzene rings is 2. The number of carbonyl (C=O) groups is 2. The zero-order chi connectivity index (χ0) is 19.2. The van der Waals surface area contributed by atoms with E-state index in [2.05, 4.69) is 27.7 Å².